The van der Waals surface area contributed by atoms with Crippen LogP contribution in [0.1, 0.15) is 37.6 Å². The average molecular weight is 298 g/mol. The number of carbonyl (C=O) groups is 1. The molecule has 2 amide bonds. The summed E-state index contributed by atoms with van der Waals surface area (Å²) in [5, 5.41) is 22.0. The standard InChI is InChI=1S/C13H22N4O2S/c1-3-11-15-16-12(20-11)14-13(19)17(2)8-9-6-4-5-7-10(9)18/h9-10,18H,3-8H2,1-2H3,(H,14,16,19)/t9-,10+/m0/s1. The van der Waals surface area contributed by atoms with Crippen molar-refractivity contribution in [3.8, 4) is 0 Å². The average Bonchev–Trinajstić information content (AvgIpc) is 2.89. The number of anilines is 1. The Hall–Kier alpha value is -1.21. The molecule has 0 radical (unpaired) electrons. The lowest BCUT2D eigenvalue weighted by Gasteiger charge is -2.31. The van der Waals surface area contributed by atoms with Crippen LogP contribution in [0, 0.1) is 5.92 Å². The molecule has 112 valence electrons. The van der Waals surface area contributed by atoms with Crippen LogP contribution in [0.5, 0.6) is 0 Å². The third-order valence-corrected chi connectivity index (χ3v) is 4.69. The number of aliphatic hydroxyl groups is 1. The van der Waals surface area contributed by atoms with Crippen molar-refractivity contribution in [1.29, 1.82) is 0 Å². The molecule has 6 nitrogen and oxygen atoms in total. The van der Waals surface area contributed by atoms with E-state index in [9.17, 15) is 9.90 Å². The highest BCUT2D eigenvalue weighted by molar-refractivity contribution is 7.15. The summed E-state index contributed by atoms with van der Waals surface area (Å²) < 4.78 is 0. The minimum absolute atomic E-state index is 0.181. The van der Waals surface area contributed by atoms with Crippen LogP contribution in [0.2, 0.25) is 0 Å². The van der Waals surface area contributed by atoms with E-state index in [2.05, 4.69) is 15.5 Å². The smallest absolute Gasteiger partial charge is 0.323 e. The summed E-state index contributed by atoms with van der Waals surface area (Å²) >= 11 is 1.40. The summed E-state index contributed by atoms with van der Waals surface area (Å²) in [4.78, 5) is 13.7. The summed E-state index contributed by atoms with van der Waals surface area (Å²) in [5.41, 5.74) is 0. The third-order valence-electron chi connectivity index (χ3n) is 3.71. The number of aromatic nitrogens is 2. The van der Waals surface area contributed by atoms with E-state index in [4.69, 9.17) is 0 Å². The normalized spacial score (nSPS) is 22.6. The second-order valence-corrected chi connectivity index (χ2v) is 6.34. The molecule has 2 N–H and O–H groups in total. The van der Waals surface area contributed by atoms with Gasteiger partial charge in [-0.05, 0) is 19.3 Å². The lowest BCUT2D eigenvalue weighted by molar-refractivity contribution is 0.0575. The predicted octanol–water partition coefficient (Wildman–Crippen LogP) is 2.12. The second kappa shape index (κ2) is 6.99. The Kier molecular flexibility index (Phi) is 5.31. The van der Waals surface area contributed by atoms with Crippen molar-refractivity contribution >= 4 is 22.5 Å². The van der Waals surface area contributed by atoms with Gasteiger partial charge in [-0.15, -0.1) is 10.2 Å². The van der Waals surface area contributed by atoms with Gasteiger partial charge in [-0.1, -0.05) is 31.1 Å². The Bertz CT molecular complexity index is 451. The van der Waals surface area contributed by atoms with Crippen LogP contribution >= 0.6 is 11.3 Å². The maximum Gasteiger partial charge on any atom is 0.323 e. The van der Waals surface area contributed by atoms with E-state index in [-0.39, 0.29) is 18.1 Å². The van der Waals surface area contributed by atoms with Gasteiger partial charge in [0.25, 0.3) is 0 Å². The number of amides is 2. The van der Waals surface area contributed by atoms with Crippen molar-refractivity contribution in [2.24, 2.45) is 5.92 Å². The molecule has 0 aliphatic heterocycles. The highest BCUT2D eigenvalue weighted by Crippen LogP contribution is 2.25. The van der Waals surface area contributed by atoms with Crippen molar-refractivity contribution in [2.45, 2.75) is 45.1 Å². The molecule has 2 rings (SSSR count). The molecule has 1 aromatic rings. The maximum atomic E-state index is 12.1. The van der Waals surface area contributed by atoms with Gasteiger partial charge < -0.3 is 10.0 Å². The Morgan fingerprint density at radius 3 is 2.85 bits per heavy atom. The van der Waals surface area contributed by atoms with Gasteiger partial charge >= 0.3 is 6.03 Å². The number of aliphatic hydroxyl groups excluding tert-OH is 1. The summed E-state index contributed by atoms with van der Waals surface area (Å²) in [6.07, 6.45) is 4.57. The van der Waals surface area contributed by atoms with Crippen molar-refractivity contribution in [2.75, 3.05) is 18.9 Å². The van der Waals surface area contributed by atoms with E-state index in [1.807, 2.05) is 6.92 Å². The van der Waals surface area contributed by atoms with Gasteiger partial charge in [0.1, 0.15) is 5.01 Å². The Labute approximate surface area is 123 Å². The molecule has 1 fully saturated rings. The van der Waals surface area contributed by atoms with E-state index < -0.39 is 0 Å². The quantitative estimate of drug-likeness (QED) is 0.892. The molecule has 1 saturated carbocycles. The lowest BCUT2D eigenvalue weighted by atomic mass is 9.86. The van der Waals surface area contributed by atoms with Crippen molar-refractivity contribution in [1.82, 2.24) is 15.1 Å². The van der Waals surface area contributed by atoms with E-state index in [1.54, 1.807) is 11.9 Å². The minimum atomic E-state index is -0.285. The summed E-state index contributed by atoms with van der Waals surface area (Å²) in [6.45, 7) is 2.58. The number of rotatable bonds is 4. The van der Waals surface area contributed by atoms with Gasteiger partial charge in [-0.2, -0.15) is 0 Å². The zero-order valence-corrected chi connectivity index (χ0v) is 12.8. The van der Waals surface area contributed by atoms with Gasteiger partial charge in [-0.3, -0.25) is 5.32 Å². The molecule has 20 heavy (non-hydrogen) atoms. The number of carbonyl (C=O) groups excluding carboxylic acids is 1. The second-order valence-electron chi connectivity index (χ2n) is 5.28. The number of urea groups is 1. The fourth-order valence-electron chi connectivity index (χ4n) is 2.47. The Balaban J connectivity index is 1.85. The molecule has 1 aromatic heterocycles. The first kappa shape index (κ1) is 15.2. The van der Waals surface area contributed by atoms with Gasteiger partial charge in [-0.25, -0.2) is 4.79 Å². The zero-order chi connectivity index (χ0) is 14.5. The van der Waals surface area contributed by atoms with Crippen LogP contribution < -0.4 is 5.32 Å². The van der Waals surface area contributed by atoms with Gasteiger partial charge in [0.2, 0.25) is 5.13 Å². The van der Waals surface area contributed by atoms with Crippen LogP contribution in [0.4, 0.5) is 9.93 Å². The molecule has 1 heterocycles. The maximum absolute atomic E-state index is 12.1. The fraction of sp³-hybridized carbons (Fsp3) is 0.769. The van der Waals surface area contributed by atoms with E-state index in [0.29, 0.717) is 11.7 Å². The summed E-state index contributed by atoms with van der Waals surface area (Å²) in [6, 6.07) is -0.193. The minimum Gasteiger partial charge on any atom is -0.393 e. The number of hydrogen-bond acceptors (Lipinski definition) is 5. The fourth-order valence-corrected chi connectivity index (χ4v) is 3.14. The number of aryl methyl sites for hydroxylation is 1. The Morgan fingerprint density at radius 2 is 2.20 bits per heavy atom. The van der Waals surface area contributed by atoms with Crippen molar-refractivity contribution < 1.29 is 9.90 Å². The molecular formula is C13H22N4O2S. The molecule has 0 unspecified atom stereocenters. The molecular weight excluding hydrogens is 276 g/mol. The molecule has 1 aliphatic carbocycles. The monoisotopic (exact) mass is 298 g/mol. The number of nitrogens with zero attached hydrogens (tertiary/aromatic N) is 3. The van der Waals surface area contributed by atoms with Crippen molar-refractivity contribution in [3.63, 3.8) is 0 Å². The van der Waals surface area contributed by atoms with Gasteiger partial charge in [0.05, 0.1) is 6.10 Å². The van der Waals surface area contributed by atoms with Gasteiger partial charge in [0.15, 0.2) is 0 Å². The van der Waals surface area contributed by atoms with Crippen LogP contribution in [0.25, 0.3) is 0 Å². The number of hydrogen-bond donors (Lipinski definition) is 2. The molecule has 0 spiro atoms. The highest BCUT2D eigenvalue weighted by Gasteiger charge is 2.25. The molecule has 7 heteroatoms. The van der Waals surface area contributed by atoms with Crippen LogP contribution in [-0.4, -0.2) is 45.9 Å². The predicted molar refractivity (Wildman–Crippen MR) is 78.9 cm³/mol. The zero-order valence-electron chi connectivity index (χ0n) is 12.0. The molecule has 1 aliphatic rings. The van der Waals surface area contributed by atoms with E-state index in [1.165, 1.54) is 11.3 Å². The Morgan fingerprint density at radius 1 is 1.45 bits per heavy atom. The first-order valence-electron chi connectivity index (χ1n) is 7.12. The van der Waals surface area contributed by atoms with Crippen LogP contribution in [0.15, 0.2) is 0 Å². The lowest BCUT2D eigenvalue weighted by Crippen LogP contribution is -2.40. The first-order chi connectivity index (χ1) is 9.60. The number of nitrogens with one attached hydrogen (secondary N) is 1. The first-order valence-corrected chi connectivity index (χ1v) is 7.94. The molecule has 2 atom stereocenters. The SMILES string of the molecule is CCc1nnc(NC(=O)N(C)C[C@@H]2CCCC[C@H]2O)s1. The topological polar surface area (TPSA) is 78.4 Å². The largest absolute Gasteiger partial charge is 0.393 e. The molecule has 0 aromatic carbocycles. The summed E-state index contributed by atoms with van der Waals surface area (Å²) in [7, 11) is 1.75. The van der Waals surface area contributed by atoms with E-state index in [0.717, 1.165) is 37.1 Å². The van der Waals surface area contributed by atoms with Crippen molar-refractivity contribution in [3.05, 3.63) is 5.01 Å². The van der Waals surface area contributed by atoms with Crippen LogP contribution in [0.3, 0.4) is 0 Å². The molecule has 0 saturated heterocycles. The van der Waals surface area contributed by atoms with Gasteiger partial charge in [0, 0.05) is 19.5 Å². The third kappa shape index (κ3) is 3.89. The summed E-state index contributed by atoms with van der Waals surface area (Å²) in [5.74, 6) is 0.181. The van der Waals surface area contributed by atoms with Crippen LogP contribution in [-0.2, 0) is 6.42 Å². The van der Waals surface area contributed by atoms with E-state index >= 15 is 0 Å². The highest BCUT2D eigenvalue weighted by atomic mass is 32.1. The molecule has 0 bridgehead atoms.